The number of aromatic nitrogens is 1. The predicted octanol–water partition coefficient (Wildman–Crippen LogP) is 4.29. The van der Waals surface area contributed by atoms with Crippen LogP contribution in [-0.2, 0) is 0 Å². The zero-order valence-electron chi connectivity index (χ0n) is 8.91. The quantitative estimate of drug-likeness (QED) is 0.914. The highest BCUT2D eigenvalue weighted by Gasteiger charge is 2.22. The largest absolute Gasteiger partial charge is 0.359 e. The third-order valence-corrected chi connectivity index (χ3v) is 4.01. The minimum atomic E-state index is -0.250. The maximum Gasteiger partial charge on any atom is 0.183 e. The maximum atomic E-state index is 13.1. The minimum absolute atomic E-state index is 0.250. The van der Waals surface area contributed by atoms with Crippen LogP contribution in [0.4, 0.5) is 9.52 Å². The van der Waals surface area contributed by atoms with E-state index >= 15 is 0 Å². The van der Waals surface area contributed by atoms with Crippen molar-refractivity contribution in [2.45, 2.75) is 18.9 Å². The van der Waals surface area contributed by atoms with E-state index in [1.54, 1.807) is 23.5 Å². The zero-order valence-corrected chi connectivity index (χ0v) is 11.3. The molecular weight excluding hydrogens is 303 g/mol. The highest BCUT2D eigenvalue weighted by atomic mass is 79.9. The van der Waals surface area contributed by atoms with Crippen molar-refractivity contribution in [2.75, 3.05) is 5.32 Å². The number of halogens is 2. The van der Waals surface area contributed by atoms with E-state index in [0.717, 1.165) is 16.4 Å². The molecule has 17 heavy (non-hydrogen) atoms. The van der Waals surface area contributed by atoms with Gasteiger partial charge in [0, 0.05) is 17.0 Å². The molecule has 2 nitrogen and oxygen atoms in total. The average molecular weight is 313 g/mol. The molecule has 3 rings (SSSR count). The summed E-state index contributed by atoms with van der Waals surface area (Å²) in [6, 6.07) is 5.56. The van der Waals surface area contributed by atoms with Gasteiger partial charge in [0.15, 0.2) is 5.13 Å². The van der Waals surface area contributed by atoms with Crippen LogP contribution in [0.2, 0.25) is 0 Å². The molecule has 1 aromatic heterocycles. The summed E-state index contributed by atoms with van der Waals surface area (Å²) >= 11 is 4.78. The van der Waals surface area contributed by atoms with E-state index in [0.29, 0.717) is 10.5 Å². The Morgan fingerprint density at radius 2 is 2.24 bits per heavy atom. The second-order valence-electron chi connectivity index (χ2n) is 4.09. The van der Waals surface area contributed by atoms with Gasteiger partial charge < -0.3 is 5.32 Å². The lowest BCUT2D eigenvalue weighted by molar-refractivity contribution is 0.621. The van der Waals surface area contributed by atoms with Gasteiger partial charge in [-0.1, -0.05) is 0 Å². The van der Waals surface area contributed by atoms with Crippen molar-refractivity contribution in [2.24, 2.45) is 0 Å². The molecule has 0 bridgehead atoms. The molecule has 0 saturated heterocycles. The van der Waals surface area contributed by atoms with Crippen LogP contribution < -0.4 is 5.32 Å². The van der Waals surface area contributed by atoms with E-state index in [-0.39, 0.29) is 5.82 Å². The fraction of sp³-hybridized carbons (Fsp3) is 0.250. The lowest BCUT2D eigenvalue weighted by atomic mass is 10.2. The van der Waals surface area contributed by atoms with E-state index in [9.17, 15) is 4.39 Å². The van der Waals surface area contributed by atoms with Gasteiger partial charge in [-0.2, -0.15) is 0 Å². The molecule has 0 spiro atoms. The van der Waals surface area contributed by atoms with Crippen molar-refractivity contribution in [3.63, 3.8) is 0 Å². The Morgan fingerprint density at radius 3 is 2.94 bits per heavy atom. The molecule has 2 aromatic rings. The van der Waals surface area contributed by atoms with Gasteiger partial charge in [0.05, 0.1) is 10.2 Å². The molecular formula is C12H10BrFN2S. The van der Waals surface area contributed by atoms with Crippen LogP contribution in [-0.4, -0.2) is 11.0 Å². The molecule has 1 heterocycles. The standard InChI is InChI=1S/C12H10BrFN2S/c13-9-5-7(1-4-10(9)14)11-6-17-12(16-11)15-8-2-3-8/h1,4-6,8H,2-3H2,(H,15,16). The molecule has 88 valence electrons. The van der Waals surface area contributed by atoms with Gasteiger partial charge in [0.25, 0.3) is 0 Å². The zero-order chi connectivity index (χ0) is 11.8. The van der Waals surface area contributed by atoms with Crippen molar-refractivity contribution >= 4 is 32.4 Å². The lowest BCUT2D eigenvalue weighted by Crippen LogP contribution is -1.99. The monoisotopic (exact) mass is 312 g/mol. The third-order valence-electron chi connectivity index (χ3n) is 2.62. The van der Waals surface area contributed by atoms with Gasteiger partial charge in [-0.3, -0.25) is 0 Å². The second-order valence-corrected chi connectivity index (χ2v) is 5.80. The van der Waals surface area contributed by atoms with Crippen molar-refractivity contribution < 1.29 is 4.39 Å². The van der Waals surface area contributed by atoms with Gasteiger partial charge in [-0.25, -0.2) is 9.37 Å². The van der Waals surface area contributed by atoms with E-state index in [4.69, 9.17) is 0 Å². The van der Waals surface area contributed by atoms with Crippen LogP contribution in [0.1, 0.15) is 12.8 Å². The molecule has 1 aliphatic rings. The summed E-state index contributed by atoms with van der Waals surface area (Å²) in [4.78, 5) is 4.50. The number of benzene rings is 1. The fourth-order valence-corrected chi connectivity index (χ4v) is 2.71. The fourth-order valence-electron chi connectivity index (χ4n) is 1.53. The van der Waals surface area contributed by atoms with Gasteiger partial charge in [0.2, 0.25) is 0 Å². The summed E-state index contributed by atoms with van der Waals surface area (Å²) in [5.41, 5.74) is 1.82. The van der Waals surface area contributed by atoms with Gasteiger partial charge in [0.1, 0.15) is 5.82 Å². The van der Waals surface area contributed by atoms with Gasteiger partial charge in [-0.05, 0) is 47.0 Å². The van der Waals surface area contributed by atoms with Crippen LogP contribution in [0.15, 0.2) is 28.1 Å². The predicted molar refractivity (Wildman–Crippen MR) is 71.9 cm³/mol. The summed E-state index contributed by atoms with van der Waals surface area (Å²) in [5, 5.41) is 6.29. The third kappa shape index (κ3) is 2.50. The average Bonchev–Trinajstić information content (AvgIpc) is 2.99. The van der Waals surface area contributed by atoms with Crippen molar-refractivity contribution in [3.8, 4) is 11.3 Å². The number of thiazole rings is 1. The Balaban J connectivity index is 1.86. The molecule has 0 amide bonds. The van der Waals surface area contributed by atoms with Gasteiger partial charge >= 0.3 is 0 Å². The Morgan fingerprint density at radius 1 is 1.41 bits per heavy atom. The van der Waals surface area contributed by atoms with Crippen LogP contribution >= 0.6 is 27.3 Å². The molecule has 1 aromatic carbocycles. The summed E-state index contributed by atoms with van der Waals surface area (Å²) in [5.74, 6) is -0.250. The number of hydrogen-bond acceptors (Lipinski definition) is 3. The molecule has 0 unspecified atom stereocenters. The van der Waals surface area contributed by atoms with Crippen LogP contribution in [0.3, 0.4) is 0 Å². The van der Waals surface area contributed by atoms with Crippen LogP contribution in [0.5, 0.6) is 0 Å². The molecule has 0 atom stereocenters. The Kier molecular flexibility index (Phi) is 2.88. The molecule has 1 saturated carbocycles. The maximum absolute atomic E-state index is 13.1. The first-order valence-electron chi connectivity index (χ1n) is 5.40. The lowest BCUT2D eigenvalue weighted by Gasteiger charge is -1.99. The Labute approximate surface area is 111 Å². The van der Waals surface area contributed by atoms with Crippen molar-refractivity contribution in [3.05, 3.63) is 33.9 Å². The normalized spacial score (nSPS) is 14.9. The number of nitrogens with one attached hydrogen (secondary N) is 1. The highest BCUT2D eigenvalue weighted by Crippen LogP contribution is 2.31. The van der Waals surface area contributed by atoms with Crippen LogP contribution in [0.25, 0.3) is 11.3 Å². The van der Waals surface area contributed by atoms with Crippen molar-refractivity contribution in [1.82, 2.24) is 4.98 Å². The number of anilines is 1. The first kappa shape index (κ1) is 11.2. The van der Waals surface area contributed by atoms with E-state index in [1.165, 1.54) is 18.9 Å². The Hall–Kier alpha value is -0.940. The Bertz CT molecular complexity index is 551. The molecule has 0 radical (unpaired) electrons. The number of rotatable bonds is 3. The SMILES string of the molecule is Fc1ccc(-c2csc(NC3CC3)n2)cc1Br. The van der Waals surface area contributed by atoms with Crippen LogP contribution in [0, 0.1) is 5.82 Å². The van der Waals surface area contributed by atoms with E-state index < -0.39 is 0 Å². The summed E-state index contributed by atoms with van der Waals surface area (Å²) < 4.78 is 13.6. The molecule has 5 heteroatoms. The molecule has 1 fully saturated rings. The van der Waals surface area contributed by atoms with E-state index in [1.807, 2.05) is 5.38 Å². The first-order chi connectivity index (χ1) is 8.22. The van der Waals surface area contributed by atoms with Gasteiger partial charge in [-0.15, -0.1) is 11.3 Å². The second kappa shape index (κ2) is 4.38. The van der Waals surface area contributed by atoms with E-state index in [2.05, 4.69) is 26.2 Å². The summed E-state index contributed by atoms with van der Waals surface area (Å²) in [7, 11) is 0. The molecule has 1 N–H and O–H groups in total. The smallest absolute Gasteiger partial charge is 0.183 e. The molecule has 1 aliphatic carbocycles. The first-order valence-corrected chi connectivity index (χ1v) is 7.07. The molecule has 0 aliphatic heterocycles. The number of nitrogens with zero attached hydrogens (tertiary/aromatic N) is 1. The highest BCUT2D eigenvalue weighted by molar-refractivity contribution is 9.10. The minimum Gasteiger partial charge on any atom is -0.359 e. The summed E-state index contributed by atoms with van der Waals surface area (Å²) in [6.45, 7) is 0. The topological polar surface area (TPSA) is 24.9 Å². The summed E-state index contributed by atoms with van der Waals surface area (Å²) in [6.07, 6.45) is 2.47. The van der Waals surface area contributed by atoms with Crippen molar-refractivity contribution in [1.29, 1.82) is 0 Å². The number of hydrogen-bond donors (Lipinski definition) is 1.